The van der Waals surface area contributed by atoms with Gasteiger partial charge in [0.2, 0.25) is 0 Å². The van der Waals surface area contributed by atoms with Gasteiger partial charge in [-0.05, 0) is 30.3 Å². The predicted octanol–water partition coefficient (Wildman–Crippen LogP) is 1.69. The standard InChI is InChI=1S/C18H20N2O6S/c1-19(15-9-5-4-6-10-15)17(21)13-26-18(22)14-8-7-11-16(12-14)27(23,24)20(2)25-3/h4-12H,13H2,1-3H3. The number of carbonyl (C=O) groups excluding carboxylic acids is 2. The Morgan fingerprint density at radius 1 is 1.00 bits per heavy atom. The zero-order valence-corrected chi connectivity index (χ0v) is 16.0. The number of sulfonamides is 1. The fourth-order valence-electron chi connectivity index (χ4n) is 2.13. The van der Waals surface area contributed by atoms with E-state index < -0.39 is 28.5 Å². The first-order chi connectivity index (χ1) is 12.8. The summed E-state index contributed by atoms with van der Waals surface area (Å²) in [5.41, 5.74) is 0.671. The van der Waals surface area contributed by atoms with E-state index >= 15 is 0 Å². The van der Waals surface area contributed by atoms with Gasteiger partial charge in [0, 0.05) is 19.8 Å². The summed E-state index contributed by atoms with van der Waals surface area (Å²) < 4.78 is 30.2. The van der Waals surface area contributed by atoms with Gasteiger partial charge < -0.3 is 9.64 Å². The third-order valence-corrected chi connectivity index (χ3v) is 5.48. The van der Waals surface area contributed by atoms with Crippen LogP contribution in [0, 0.1) is 0 Å². The van der Waals surface area contributed by atoms with E-state index in [1.807, 2.05) is 6.07 Å². The summed E-state index contributed by atoms with van der Waals surface area (Å²) in [6.07, 6.45) is 0. The lowest BCUT2D eigenvalue weighted by Crippen LogP contribution is -2.31. The first-order valence-electron chi connectivity index (χ1n) is 7.89. The Bertz CT molecular complexity index is 914. The Morgan fingerprint density at radius 3 is 2.30 bits per heavy atom. The maximum absolute atomic E-state index is 12.2. The van der Waals surface area contributed by atoms with Crippen LogP contribution >= 0.6 is 0 Å². The first-order valence-corrected chi connectivity index (χ1v) is 9.33. The monoisotopic (exact) mass is 392 g/mol. The topological polar surface area (TPSA) is 93.2 Å². The molecule has 144 valence electrons. The number of likely N-dealkylation sites (N-methyl/N-ethyl adjacent to an activating group) is 1. The van der Waals surface area contributed by atoms with Crippen LogP contribution in [0.4, 0.5) is 5.69 Å². The van der Waals surface area contributed by atoms with Crippen molar-refractivity contribution < 1.29 is 27.6 Å². The molecule has 0 bridgehead atoms. The summed E-state index contributed by atoms with van der Waals surface area (Å²) in [5.74, 6) is -1.22. The molecule has 0 aliphatic heterocycles. The molecule has 0 aromatic heterocycles. The minimum Gasteiger partial charge on any atom is -0.452 e. The number of hydrogen-bond donors (Lipinski definition) is 0. The quantitative estimate of drug-likeness (QED) is 0.526. The zero-order chi connectivity index (χ0) is 20.0. The minimum atomic E-state index is -3.90. The Balaban J connectivity index is 2.06. The van der Waals surface area contributed by atoms with Crippen molar-refractivity contribution in [3.05, 3.63) is 60.2 Å². The predicted molar refractivity (Wildman–Crippen MR) is 98.5 cm³/mol. The molecule has 0 spiro atoms. The first kappa shape index (κ1) is 20.6. The summed E-state index contributed by atoms with van der Waals surface area (Å²) >= 11 is 0. The normalized spacial score (nSPS) is 11.3. The summed E-state index contributed by atoms with van der Waals surface area (Å²) in [6.45, 7) is -0.473. The second kappa shape index (κ2) is 8.76. The number of nitrogens with zero attached hydrogens (tertiary/aromatic N) is 2. The lowest BCUT2D eigenvalue weighted by Gasteiger charge is -2.17. The van der Waals surface area contributed by atoms with Crippen LogP contribution < -0.4 is 4.90 Å². The number of anilines is 1. The zero-order valence-electron chi connectivity index (χ0n) is 15.2. The third kappa shape index (κ3) is 4.91. The molecule has 0 saturated carbocycles. The maximum Gasteiger partial charge on any atom is 0.338 e. The highest BCUT2D eigenvalue weighted by atomic mass is 32.2. The Kier molecular flexibility index (Phi) is 6.67. The van der Waals surface area contributed by atoms with E-state index in [1.165, 1.54) is 43.3 Å². The van der Waals surface area contributed by atoms with E-state index in [-0.39, 0.29) is 10.5 Å². The van der Waals surface area contributed by atoms with E-state index in [0.29, 0.717) is 10.2 Å². The van der Waals surface area contributed by atoms with Gasteiger partial charge in [-0.25, -0.2) is 13.2 Å². The van der Waals surface area contributed by atoms with E-state index in [4.69, 9.17) is 9.57 Å². The molecule has 0 saturated heterocycles. The van der Waals surface area contributed by atoms with Gasteiger partial charge in [-0.2, -0.15) is 0 Å². The molecule has 9 heteroatoms. The number of hydrogen-bond acceptors (Lipinski definition) is 6. The molecule has 0 atom stereocenters. The summed E-state index contributed by atoms with van der Waals surface area (Å²) in [6, 6.07) is 14.2. The number of benzene rings is 2. The second-order valence-corrected chi connectivity index (χ2v) is 7.43. The molecular formula is C18H20N2O6S. The molecule has 0 aliphatic carbocycles. The number of rotatable bonds is 7. The van der Waals surface area contributed by atoms with Crippen LogP contribution in [-0.2, 0) is 24.4 Å². The number of amides is 1. The number of hydroxylamine groups is 1. The van der Waals surface area contributed by atoms with Crippen LogP contribution in [0.2, 0.25) is 0 Å². The number of esters is 1. The second-order valence-electron chi connectivity index (χ2n) is 5.49. The molecular weight excluding hydrogens is 372 g/mol. The molecule has 1 amide bonds. The number of carbonyl (C=O) groups is 2. The van der Waals surface area contributed by atoms with Crippen LogP contribution in [0.3, 0.4) is 0 Å². The van der Waals surface area contributed by atoms with Crippen molar-refractivity contribution in [2.75, 3.05) is 32.7 Å². The highest BCUT2D eigenvalue weighted by Crippen LogP contribution is 2.17. The number of para-hydroxylation sites is 1. The van der Waals surface area contributed by atoms with Gasteiger partial charge in [-0.15, -0.1) is 0 Å². The lowest BCUT2D eigenvalue weighted by atomic mass is 10.2. The Labute approximate surface area is 157 Å². The van der Waals surface area contributed by atoms with Crippen molar-refractivity contribution in [3.8, 4) is 0 Å². The van der Waals surface area contributed by atoms with Gasteiger partial charge in [0.25, 0.3) is 15.9 Å². The fourth-order valence-corrected chi connectivity index (χ4v) is 3.15. The van der Waals surface area contributed by atoms with Gasteiger partial charge in [0.1, 0.15) is 0 Å². The van der Waals surface area contributed by atoms with Crippen LogP contribution in [0.15, 0.2) is 59.5 Å². The SMILES string of the molecule is CON(C)S(=O)(=O)c1cccc(C(=O)OCC(=O)N(C)c2ccccc2)c1. The van der Waals surface area contributed by atoms with Gasteiger partial charge in [0.05, 0.1) is 17.6 Å². The van der Waals surface area contributed by atoms with E-state index in [2.05, 4.69) is 0 Å². The lowest BCUT2D eigenvalue weighted by molar-refractivity contribution is -0.121. The Hall–Kier alpha value is -2.75. The molecule has 0 heterocycles. The maximum atomic E-state index is 12.2. The molecule has 0 unspecified atom stereocenters. The minimum absolute atomic E-state index is 0.00995. The molecule has 27 heavy (non-hydrogen) atoms. The summed E-state index contributed by atoms with van der Waals surface area (Å²) in [5, 5.41) is 0. The smallest absolute Gasteiger partial charge is 0.338 e. The van der Waals surface area contributed by atoms with Gasteiger partial charge in [-0.3, -0.25) is 9.63 Å². The van der Waals surface area contributed by atoms with Crippen molar-refractivity contribution in [2.24, 2.45) is 0 Å². The van der Waals surface area contributed by atoms with Crippen LogP contribution in [0.25, 0.3) is 0 Å². The van der Waals surface area contributed by atoms with Gasteiger partial charge in [-0.1, -0.05) is 28.7 Å². The Morgan fingerprint density at radius 2 is 1.67 bits per heavy atom. The summed E-state index contributed by atoms with van der Waals surface area (Å²) in [4.78, 5) is 30.3. The van der Waals surface area contributed by atoms with E-state index in [1.54, 1.807) is 31.3 Å². The van der Waals surface area contributed by atoms with Crippen molar-refractivity contribution >= 4 is 27.6 Å². The fraction of sp³-hybridized carbons (Fsp3) is 0.222. The van der Waals surface area contributed by atoms with Crippen LogP contribution in [0.1, 0.15) is 10.4 Å². The molecule has 2 rings (SSSR count). The summed E-state index contributed by atoms with van der Waals surface area (Å²) in [7, 11) is 0.118. The van der Waals surface area contributed by atoms with Crippen LogP contribution in [-0.4, -0.2) is 52.6 Å². The molecule has 0 fully saturated rings. The van der Waals surface area contributed by atoms with E-state index in [9.17, 15) is 18.0 Å². The molecule has 0 aliphatic rings. The average Bonchev–Trinajstić information content (AvgIpc) is 2.71. The molecule has 0 N–H and O–H groups in total. The van der Waals surface area contributed by atoms with Gasteiger partial charge >= 0.3 is 5.97 Å². The molecule has 2 aromatic rings. The highest BCUT2D eigenvalue weighted by molar-refractivity contribution is 7.89. The molecule has 2 aromatic carbocycles. The largest absolute Gasteiger partial charge is 0.452 e. The van der Waals surface area contributed by atoms with Crippen molar-refractivity contribution in [3.63, 3.8) is 0 Å². The van der Waals surface area contributed by atoms with Crippen molar-refractivity contribution in [1.29, 1.82) is 0 Å². The molecule has 8 nitrogen and oxygen atoms in total. The van der Waals surface area contributed by atoms with Crippen molar-refractivity contribution in [2.45, 2.75) is 4.90 Å². The van der Waals surface area contributed by atoms with Crippen LogP contribution in [0.5, 0.6) is 0 Å². The van der Waals surface area contributed by atoms with Crippen molar-refractivity contribution in [1.82, 2.24) is 4.47 Å². The number of ether oxygens (including phenoxy) is 1. The molecule has 0 radical (unpaired) electrons. The van der Waals surface area contributed by atoms with Gasteiger partial charge in [0.15, 0.2) is 6.61 Å². The average molecular weight is 392 g/mol. The third-order valence-electron chi connectivity index (χ3n) is 3.81. The van der Waals surface area contributed by atoms with E-state index in [0.717, 1.165) is 0 Å². The highest BCUT2D eigenvalue weighted by Gasteiger charge is 2.22.